The number of para-hydroxylation sites is 5. The highest BCUT2D eigenvalue weighted by atomic mass is 35.5. The van der Waals surface area contributed by atoms with Crippen LogP contribution in [0.25, 0.3) is 54.4 Å². The fraction of sp³-hybridized carbons (Fsp3) is 0.115. The molecule has 674 valence electrons. The molecule has 0 spiro atoms. The van der Waals surface area contributed by atoms with Crippen LogP contribution in [0.15, 0.2) is 401 Å². The zero-order chi connectivity index (χ0) is 92.9. The summed E-state index contributed by atoms with van der Waals surface area (Å²) in [5.41, 5.74) is 11.3. The number of nitrogens with one attached hydrogen (secondary N) is 1. The fourth-order valence-electron chi connectivity index (χ4n) is 12.6. The molecule has 2 aliphatic heterocycles. The van der Waals surface area contributed by atoms with Crippen LogP contribution in [-0.2, 0) is 6.42 Å². The summed E-state index contributed by atoms with van der Waals surface area (Å²) in [5, 5.41) is 29.3. The van der Waals surface area contributed by atoms with Gasteiger partial charge in [0.2, 0.25) is 0 Å². The number of aryl methyl sites for hydroxylation is 2. The molecule has 133 heavy (non-hydrogen) atoms. The second-order valence-electron chi connectivity index (χ2n) is 29.2. The summed E-state index contributed by atoms with van der Waals surface area (Å²) in [6, 6.07) is 113. The van der Waals surface area contributed by atoms with Gasteiger partial charge in [0.25, 0.3) is 0 Å². The van der Waals surface area contributed by atoms with Gasteiger partial charge in [-0.1, -0.05) is 345 Å². The van der Waals surface area contributed by atoms with E-state index in [9.17, 15) is 10.2 Å². The zero-order valence-corrected chi connectivity index (χ0v) is 88.5. The number of likely N-dealkylation sites (tertiary alicyclic amines) is 1. The van der Waals surface area contributed by atoms with Crippen molar-refractivity contribution >= 4 is 305 Å². The Morgan fingerprint density at radius 3 is 1.29 bits per heavy atom. The third-order valence-electron chi connectivity index (χ3n) is 19.6. The van der Waals surface area contributed by atoms with Crippen molar-refractivity contribution < 1.29 is 10.2 Å². The SMILES string of the molecule is CCN(CC)C(=S)SSC(=S)N1CCCCC1.Cc1ccc(SSc2ccc(C)cc2)cc1.Clc1ccc(SSc2ccc(Cl)cc2)cc1.Oc1ccc2cc(SSc3ccc4cc(O)ccc4c3)ccc2c1.S=C(SSC(=S)c1ccccc1)c1ccccc1.c1ccc2c(c1)CC(SSc1nc3ccccc3[nH]1)=N2.c1cnc2c(SSc3cccc4cccnc34)cccc2c1. The number of phenols is 2. The quantitative estimate of drug-likeness (QED) is 0.0559. The lowest BCUT2D eigenvalue weighted by Crippen LogP contribution is -2.32. The average Bonchev–Trinajstić information content (AvgIpc) is 1.81. The molecule has 0 bridgehead atoms. The van der Waals surface area contributed by atoms with Crippen LogP contribution >= 0.6 is 223 Å². The molecule has 3 N–H and O–H groups in total. The number of piperidine rings is 1. The first-order valence-corrected chi connectivity index (χ1v) is 59.4. The molecule has 0 amide bonds. The van der Waals surface area contributed by atoms with Gasteiger partial charge in [0.15, 0.2) is 5.16 Å². The highest BCUT2D eigenvalue weighted by Crippen LogP contribution is 2.46. The van der Waals surface area contributed by atoms with Crippen molar-refractivity contribution in [2.24, 2.45) is 4.99 Å². The zero-order valence-electron chi connectivity index (χ0n) is 72.3. The van der Waals surface area contributed by atoms with E-state index in [-0.39, 0.29) is 0 Å². The van der Waals surface area contributed by atoms with Crippen molar-refractivity contribution in [1.29, 1.82) is 0 Å². The first-order valence-electron chi connectivity index (χ1n) is 42.0. The van der Waals surface area contributed by atoms with Gasteiger partial charge in [0, 0.05) is 105 Å². The van der Waals surface area contributed by atoms with Crippen LogP contribution < -0.4 is 0 Å². The molecule has 17 aromatic rings. The molecule has 0 aliphatic carbocycles. The van der Waals surface area contributed by atoms with E-state index in [2.05, 4.69) is 202 Å². The first-order chi connectivity index (χ1) is 64.9. The molecule has 2 aliphatic rings. The van der Waals surface area contributed by atoms with Crippen LogP contribution in [0, 0.1) is 13.8 Å². The monoisotopic (exact) mass is 2110 g/mol. The van der Waals surface area contributed by atoms with E-state index in [4.69, 9.17) is 72.1 Å². The summed E-state index contributed by atoms with van der Waals surface area (Å²) in [6.07, 6.45) is 8.49. The summed E-state index contributed by atoms with van der Waals surface area (Å²) in [7, 11) is 23.6. The fourth-order valence-corrected chi connectivity index (χ4v) is 28.3. The number of aromatic amines is 1. The number of fused-ring (bicyclic) bond motifs is 6. The summed E-state index contributed by atoms with van der Waals surface area (Å²) < 4.78 is 3.65. The standard InChI is InChI=1S/C20H14O2S2.C18H12N2S2.C15H11N3S2.C14H10S4.C14H14S2.C12H8Cl2S2.C11H20N2S4/c21-17-5-1-15-11-19(7-3-13(15)9-17)23-24-20-8-4-14-10-18(22)6-2-16(14)12-20;1-5-13-7-3-11-19-17(13)15(9-1)21-22-16-10-2-6-14-8-4-12-20-18(14)16;1-2-6-11-10(5-1)9-14(16-11)19-20-15-17-12-7-3-4-8-13(12)18-15;15-13(11-7-3-1-4-8-11)17-18-14(16)12-9-5-2-6-10-12;1-11-3-7-13(8-4-11)15-16-14-9-5-12(2)6-10-14;13-9-1-5-11(6-2-9)15-16-12-7-3-10(14)4-8-12;1-3-12(4-2)10(14)16-17-11(15)13-8-6-5-7-9-13/h1-12,21-22H;1-12H;1-8H,9H2,(H,17,18);1-10H;3-10H,1-2H3;1-8H;3-9H2,1-2H3. The van der Waals surface area contributed by atoms with Gasteiger partial charge < -0.3 is 25.0 Å². The number of pyridine rings is 2. The minimum atomic E-state index is 0.291. The number of benzene rings is 14. The Bertz CT molecular complexity index is 6270. The molecule has 0 radical (unpaired) electrons. The van der Waals surface area contributed by atoms with Crippen LogP contribution in [0.1, 0.15) is 60.9 Å². The van der Waals surface area contributed by atoms with Gasteiger partial charge >= 0.3 is 0 Å². The Morgan fingerprint density at radius 2 is 0.812 bits per heavy atom. The number of phenolic OH excluding ortho intramolecular Hbond substituents is 2. The summed E-state index contributed by atoms with van der Waals surface area (Å²) >= 11 is 33.2. The van der Waals surface area contributed by atoms with Gasteiger partial charge in [0.05, 0.1) is 41.2 Å². The third kappa shape index (κ3) is 33.7. The molecule has 29 heteroatoms. The van der Waals surface area contributed by atoms with E-state index >= 15 is 0 Å². The number of aromatic hydroxyl groups is 2. The lowest BCUT2D eigenvalue weighted by Gasteiger charge is -2.28. The van der Waals surface area contributed by atoms with E-state index in [0.29, 0.717) is 11.5 Å². The topological polar surface area (TPSA) is 114 Å². The second kappa shape index (κ2) is 55.3. The molecule has 0 unspecified atom stereocenters. The van der Waals surface area contributed by atoms with Crippen LogP contribution in [0.3, 0.4) is 0 Å². The van der Waals surface area contributed by atoms with E-state index in [1.54, 1.807) is 154 Å². The van der Waals surface area contributed by atoms with Crippen LogP contribution in [0.2, 0.25) is 10.0 Å². The number of H-pyrrole nitrogens is 1. The molecule has 0 atom stereocenters. The Balaban J connectivity index is 0.000000132. The Morgan fingerprint density at radius 1 is 0.391 bits per heavy atom. The molecule has 5 heterocycles. The Labute approximate surface area is 865 Å². The van der Waals surface area contributed by atoms with Gasteiger partial charge in [-0.25, -0.2) is 9.98 Å². The predicted octanol–water partition coefficient (Wildman–Crippen LogP) is 36.2. The van der Waals surface area contributed by atoms with Crippen molar-refractivity contribution in [3.63, 3.8) is 0 Å². The number of aromatic nitrogens is 4. The van der Waals surface area contributed by atoms with Gasteiger partial charge in [-0.2, -0.15) is 0 Å². The number of imidazole rings is 1. The van der Waals surface area contributed by atoms with Crippen molar-refractivity contribution in [1.82, 2.24) is 29.7 Å². The smallest absolute Gasteiger partial charge is 0.177 e. The van der Waals surface area contributed by atoms with Crippen molar-refractivity contribution in [2.45, 2.75) is 97.7 Å². The van der Waals surface area contributed by atoms with E-state index in [0.717, 1.165) is 130 Å². The first kappa shape index (κ1) is 103. The molecule has 19 rings (SSSR count). The number of rotatable bonds is 18. The molecule has 1 saturated heterocycles. The lowest BCUT2D eigenvalue weighted by atomic mass is 10.1. The van der Waals surface area contributed by atoms with Gasteiger partial charge in [-0.3, -0.25) is 9.97 Å². The number of hydrogen-bond donors (Lipinski definition) is 3. The summed E-state index contributed by atoms with van der Waals surface area (Å²) in [6.45, 7) is 12.7. The highest BCUT2D eigenvalue weighted by Gasteiger charge is 2.19. The lowest BCUT2D eigenvalue weighted by molar-refractivity contribution is 0.352. The molecule has 14 aromatic carbocycles. The maximum atomic E-state index is 9.53. The van der Waals surface area contributed by atoms with Gasteiger partial charge in [-0.05, 0) is 314 Å². The minimum absolute atomic E-state index is 0.291. The molecular formula is C104H89Cl2N7O2S18. The van der Waals surface area contributed by atoms with E-state index in [1.165, 1.54) is 107 Å². The molecular weight excluding hydrogens is 2030 g/mol. The number of halogens is 2. The maximum absolute atomic E-state index is 9.53. The molecule has 1 fully saturated rings. The summed E-state index contributed by atoms with van der Waals surface area (Å²) in [4.78, 5) is 35.7. The number of thiocarbonyl (C=S) groups is 4. The average molecular weight is 2120 g/mol. The normalized spacial score (nSPS) is 11.7. The largest absolute Gasteiger partial charge is 0.508 e. The Hall–Kier alpha value is -7.40. The molecule has 0 saturated carbocycles. The third-order valence-corrected chi connectivity index (χ3v) is 39.3. The van der Waals surface area contributed by atoms with Crippen LogP contribution in [-0.4, -0.2) is 88.2 Å². The van der Waals surface area contributed by atoms with Gasteiger partial charge in [0.1, 0.15) is 20.1 Å². The number of aliphatic imine (C=N–C) groups is 1. The van der Waals surface area contributed by atoms with Crippen LogP contribution in [0.4, 0.5) is 5.69 Å². The van der Waals surface area contributed by atoms with E-state index in [1.807, 2.05) is 188 Å². The van der Waals surface area contributed by atoms with Crippen molar-refractivity contribution in [2.75, 3.05) is 26.2 Å². The minimum Gasteiger partial charge on any atom is -0.508 e. The van der Waals surface area contributed by atoms with Gasteiger partial charge in [-0.15, -0.1) is 0 Å². The maximum Gasteiger partial charge on any atom is 0.177 e. The van der Waals surface area contributed by atoms with Crippen molar-refractivity contribution in [3.8, 4) is 11.5 Å². The second-order valence-corrected chi connectivity index (χ2v) is 48.2. The number of nitrogens with zero attached hydrogens (tertiary/aromatic N) is 6. The van der Waals surface area contributed by atoms with Crippen molar-refractivity contribution in [3.05, 3.63) is 390 Å². The predicted molar refractivity (Wildman–Crippen MR) is 614 cm³/mol. The molecule has 3 aromatic heterocycles. The van der Waals surface area contributed by atoms with E-state index < -0.39 is 0 Å². The van der Waals surface area contributed by atoms with Crippen LogP contribution in [0.5, 0.6) is 11.5 Å². The number of hydrogen-bond acceptors (Lipinski definition) is 24. The summed E-state index contributed by atoms with van der Waals surface area (Å²) in [5.74, 6) is 0.582. The Kier molecular flexibility index (Phi) is 42.8. The highest BCUT2D eigenvalue weighted by molar-refractivity contribution is 8.90. The molecule has 9 nitrogen and oxygen atoms in total.